The molecule has 0 fully saturated rings. The number of benzene rings is 1. The second-order valence-corrected chi connectivity index (χ2v) is 8.25. The minimum atomic E-state index is -0.957. The van der Waals surface area contributed by atoms with Gasteiger partial charge in [0.05, 0.1) is 39.4 Å². The molecular weight excluding hydrogens is 426 g/mol. The molecule has 33 heavy (non-hydrogen) atoms. The van der Waals surface area contributed by atoms with Crippen molar-refractivity contribution in [2.45, 2.75) is 39.5 Å². The van der Waals surface area contributed by atoms with Gasteiger partial charge in [-0.3, -0.25) is 9.59 Å². The Kier molecular flexibility index (Phi) is 7.46. The molecule has 178 valence electrons. The lowest BCUT2D eigenvalue weighted by molar-refractivity contribution is -0.151. The highest BCUT2D eigenvalue weighted by Gasteiger charge is 2.48. The van der Waals surface area contributed by atoms with Crippen molar-refractivity contribution in [3.63, 3.8) is 0 Å². The predicted molar refractivity (Wildman–Crippen MR) is 121 cm³/mol. The molecule has 1 aromatic carbocycles. The minimum absolute atomic E-state index is 0.249. The number of esters is 2. The second-order valence-electron chi connectivity index (χ2n) is 8.25. The van der Waals surface area contributed by atoms with E-state index in [-0.39, 0.29) is 18.3 Å². The lowest BCUT2D eigenvalue weighted by atomic mass is 9.69. The van der Waals surface area contributed by atoms with Crippen LogP contribution in [0.15, 0.2) is 40.7 Å². The molecular formula is C25H31NO7. The Balaban J connectivity index is 2.26. The van der Waals surface area contributed by atoms with Gasteiger partial charge in [0, 0.05) is 22.5 Å². The van der Waals surface area contributed by atoms with Crippen molar-refractivity contribution in [2.75, 3.05) is 27.9 Å². The lowest BCUT2D eigenvalue weighted by Gasteiger charge is -2.38. The maximum atomic E-state index is 13.8. The highest BCUT2D eigenvalue weighted by molar-refractivity contribution is 6.12. The van der Waals surface area contributed by atoms with Crippen molar-refractivity contribution in [2.24, 2.45) is 11.8 Å². The zero-order valence-corrected chi connectivity index (χ0v) is 19.9. The molecule has 0 radical (unpaired) electrons. The number of rotatable bonds is 7. The first-order valence-electron chi connectivity index (χ1n) is 11.0. The Labute approximate surface area is 193 Å². The second kappa shape index (κ2) is 10.1. The van der Waals surface area contributed by atoms with Crippen molar-refractivity contribution >= 4 is 17.7 Å². The smallest absolute Gasteiger partial charge is 0.336 e. The van der Waals surface area contributed by atoms with Gasteiger partial charge in [0.2, 0.25) is 0 Å². The number of ketones is 1. The molecule has 2 aliphatic rings. The van der Waals surface area contributed by atoms with E-state index in [1.807, 2.05) is 13.8 Å². The molecule has 0 unspecified atom stereocenters. The fourth-order valence-corrected chi connectivity index (χ4v) is 4.67. The van der Waals surface area contributed by atoms with E-state index in [1.54, 1.807) is 25.1 Å². The molecule has 8 nitrogen and oxygen atoms in total. The van der Waals surface area contributed by atoms with Crippen molar-refractivity contribution in [1.29, 1.82) is 0 Å². The highest BCUT2D eigenvalue weighted by atomic mass is 16.5. The first kappa shape index (κ1) is 24.4. The van der Waals surface area contributed by atoms with Crippen LogP contribution in [0.3, 0.4) is 0 Å². The van der Waals surface area contributed by atoms with Crippen LogP contribution in [0.2, 0.25) is 0 Å². The van der Waals surface area contributed by atoms with Crippen LogP contribution in [0.1, 0.15) is 45.1 Å². The number of nitrogens with one attached hydrogen (secondary N) is 1. The largest absolute Gasteiger partial charge is 0.493 e. The number of ether oxygens (including phenoxy) is 4. The van der Waals surface area contributed by atoms with Crippen LogP contribution >= 0.6 is 0 Å². The number of dihydropyridines is 1. The van der Waals surface area contributed by atoms with Gasteiger partial charge in [-0.2, -0.15) is 0 Å². The molecule has 0 amide bonds. The molecule has 1 heterocycles. The molecule has 3 atom stereocenters. The van der Waals surface area contributed by atoms with Gasteiger partial charge in [0.15, 0.2) is 17.3 Å². The summed E-state index contributed by atoms with van der Waals surface area (Å²) in [4.78, 5) is 39.5. The standard InChI is InChI=1S/C25H31NO7/c1-7-11-33-25(29)19-14(3)26-16-12-13(2)18(24(28)32-6)22(27)21(16)20(19)15-9-8-10-17(30-4)23(15)31-5/h8-10,13,18,20,26H,7,11-12H2,1-6H3/t13-,18-,20-/m1/s1. The molecule has 0 spiro atoms. The zero-order valence-electron chi connectivity index (χ0n) is 19.9. The van der Waals surface area contributed by atoms with E-state index in [0.717, 1.165) is 0 Å². The van der Waals surface area contributed by atoms with Crippen LogP contribution in [0.4, 0.5) is 0 Å². The summed E-state index contributed by atoms with van der Waals surface area (Å²) in [5.74, 6) is -2.61. The number of allylic oxidation sites excluding steroid dienone is 3. The Morgan fingerprint density at radius 2 is 1.88 bits per heavy atom. The van der Waals surface area contributed by atoms with E-state index < -0.39 is 23.8 Å². The van der Waals surface area contributed by atoms with E-state index in [0.29, 0.717) is 52.4 Å². The van der Waals surface area contributed by atoms with Crippen LogP contribution in [0.25, 0.3) is 0 Å². The number of hydrogen-bond donors (Lipinski definition) is 1. The normalized spacial score (nSPS) is 22.4. The van der Waals surface area contributed by atoms with Crippen LogP contribution in [-0.2, 0) is 23.9 Å². The summed E-state index contributed by atoms with van der Waals surface area (Å²) in [6, 6.07) is 5.31. The summed E-state index contributed by atoms with van der Waals surface area (Å²) in [6.45, 7) is 5.78. The number of methoxy groups -OCH3 is 3. The number of Topliss-reactive ketones (excluding diaryl/α,β-unsaturated/α-hetero) is 1. The molecule has 0 saturated heterocycles. The summed E-state index contributed by atoms with van der Waals surface area (Å²) in [5.41, 5.74) is 2.53. The van der Waals surface area contributed by atoms with Gasteiger partial charge < -0.3 is 24.3 Å². The summed E-state index contributed by atoms with van der Waals surface area (Å²) in [6.07, 6.45) is 1.12. The lowest BCUT2D eigenvalue weighted by Crippen LogP contribution is -2.43. The van der Waals surface area contributed by atoms with Gasteiger partial charge in [-0.05, 0) is 31.7 Å². The van der Waals surface area contributed by atoms with Crippen molar-refractivity contribution < 1.29 is 33.3 Å². The maximum absolute atomic E-state index is 13.8. The third kappa shape index (κ3) is 4.34. The molecule has 1 aromatic rings. The number of hydrogen-bond acceptors (Lipinski definition) is 8. The molecule has 1 aliphatic heterocycles. The van der Waals surface area contributed by atoms with Crippen molar-refractivity contribution in [3.05, 3.63) is 46.3 Å². The topological polar surface area (TPSA) is 100 Å². The van der Waals surface area contributed by atoms with Crippen LogP contribution in [0.5, 0.6) is 11.5 Å². The molecule has 3 rings (SSSR count). The summed E-state index contributed by atoms with van der Waals surface area (Å²) in [7, 11) is 4.30. The van der Waals surface area contributed by atoms with Gasteiger partial charge in [-0.15, -0.1) is 0 Å². The minimum Gasteiger partial charge on any atom is -0.493 e. The predicted octanol–water partition coefficient (Wildman–Crippen LogP) is 3.27. The molecule has 1 aliphatic carbocycles. The summed E-state index contributed by atoms with van der Waals surface area (Å²) >= 11 is 0. The van der Waals surface area contributed by atoms with E-state index >= 15 is 0 Å². The Hall–Kier alpha value is -3.29. The van der Waals surface area contributed by atoms with Gasteiger partial charge in [-0.1, -0.05) is 26.0 Å². The summed E-state index contributed by atoms with van der Waals surface area (Å²) in [5, 5.41) is 3.24. The van der Waals surface area contributed by atoms with Gasteiger partial charge in [0.1, 0.15) is 5.92 Å². The first-order chi connectivity index (χ1) is 15.8. The van der Waals surface area contributed by atoms with Crippen LogP contribution < -0.4 is 14.8 Å². The van der Waals surface area contributed by atoms with Gasteiger partial charge in [0.25, 0.3) is 0 Å². The van der Waals surface area contributed by atoms with E-state index in [1.165, 1.54) is 21.3 Å². The molecule has 0 saturated carbocycles. The molecule has 0 bridgehead atoms. The molecule has 8 heteroatoms. The zero-order chi connectivity index (χ0) is 24.3. The maximum Gasteiger partial charge on any atom is 0.336 e. The van der Waals surface area contributed by atoms with Crippen LogP contribution in [0, 0.1) is 11.8 Å². The highest BCUT2D eigenvalue weighted by Crippen LogP contribution is 2.49. The van der Waals surface area contributed by atoms with Crippen LogP contribution in [-0.4, -0.2) is 45.7 Å². The van der Waals surface area contributed by atoms with E-state index in [2.05, 4.69) is 5.32 Å². The average Bonchev–Trinajstić information content (AvgIpc) is 2.80. The Morgan fingerprint density at radius 3 is 2.48 bits per heavy atom. The fraction of sp³-hybridized carbons (Fsp3) is 0.480. The molecule has 0 aromatic heterocycles. The first-order valence-corrected chi connectivity index (χ1v) is 11.0. The SMILES string of the molecule is CCCOC(=O)C1=C(C)NC2=C(C(=O)[C@H](C(=O)OC)[C@H](C)C2)[C@@H]1c1cccc(OC)c1OC. The Morgan fingerprint density at radius 1 is 1.15 bits per heavy atom. The third-order valence-electron chi connectivity index (χ3n) is 6.14. The number of carbonyl (C=O) groups excluding carboxylic acids is 3. The monoisotopic (exact) mass is 457 g/mol. The van der Waals surface area contributed by atoms with Gasteiger partial charge in [-0.25, -0.2) is 4.79 Å². The fourth-order valence-electron chi connectivity index (χ4n) is 4.67. The number of para-hydroxylation sites is 1. The van der Waals surface area contributed by atoms with Crippen molar-refractivity contribution in [1.82, 2.24) is 5.32 Å². The van der Waals surface area contributed by atoms with E-state index in [4.69, 9.17) is 18.9 Å². The Bertz CT molecular complexity index is 1020. The van der Waals surface area contributed by atoms with Gasteiger partial charge >= 0.3 is 11.9 Å². The third-order valence-corrected chi connectivity index (χ3v) is 6.14. The average molecular weight is 458 g/mol. The van der Waals surface area contributed by atoms with E-state index in [9.17, 15) is 14.4 Å². The molecule has 1 N–H and O–H groups in total. The number of carbonyl (C=O) groups is 3. The summed E-state index contributed by atoms with van der Waals surface area (Å²) < 4.78 is 21.5. The van der Waals surface area contributed by atoms with Crippen molar-refractivity contribution in [3.8, 4) is 11.5 Å². The quantitative estimate of drug-likeness (QED) is 0.492.